The van der Waals surface area contributed by atoms with Crippen molar-refractivity contribution in [3.8, 4) is 0 Å². The quantitative estimate of drug-likeness (QED) is 0.768. The molecular formula is C15H26N2. The molecule has 0 aliphatic carbocycles. The molecule has 0 radical (unpaired) electrons. The highest BCUT2D eigenvalue weighted by molar-refractivity contribution is 5.38. The third-order valence-electron chi connectivity index (χ3n) is 3.32. The maximum atomic E-state index is 5.93. The van der Waals surface area contributed by atoms with E-state index in [0.717, 1.165) is 19.5 Å². The Morgan fingerprint density at radius 2 is 1.76 bits per heavy atom. The second-order valence-corrected chi connectivity index (χ2v) is 5.71. The van der Waals surface area contributed by atoms with Crippen molar-refractivity contribution in [2.75, 3.05) is 13.1 Å². The smallest absolute Gasteiger partial charge is 0.0223 e. The van der Waals surface area contributed by atoms with Crippen LogP contribution in [0.25, 0.3) is 0 Å². The fraction of sp³-hybridized carbons (Fsp3) is 0.600. The summed E-state index contributed by atoms with van der Waals surface area (Å²) in [6.45, 7) is 12.5. The van der Waals surface area contributed by atoms with E-state index in [9.17, 15) is 0 Å². The average molecular weight is 234 g/mol. The number of aryl methyl sites for hydroxylation is 1. The Labute approximate surface area is 106 Å². The standard InChI is InChI=1S/C15H26N2/c1-11-6-7-14(13(3)12(11)2)8-9-17-10-15(4,5)16/h6-7,17H,8-10,16H2,1-5H3. The topological polar surface area (TPSA) is 38.0 Å². The van der Waals surface area contributed by atoms with Crippen molar-refractivity contribution in [3.05, 3.63) is 34.4 Å². The van der Waals surface area contributed by atoms with Crippen LogP contribution in [0.2, 0.25) is 0 Å². The van der Waals surface area contributed by atoms with Gasteiger partial charge >= 0.3 is 0 Å². The van der Waals surface area contributed by atoms with Gasteiger partial charge in [-0.2, -0.15) is 0 Å². The van der Waals surface area contributed by atoms with Crippen molar-refractivity contribution in [1.29, 1.82) is 0 Å². The lowest BCUT2D eigenvalue weighted by Crippen LogP contribution is -2.43. The van der Waals surface area contributed by atoms with Gasteiger partial charge in [-0.25, -0.2) is 0 Å². The second-order valence-electron chi connectivity index (χ2n) is 5.71. The van der Waals surface area contributed by atoms with E-state index in [4.69, 9.17) is 5.73 Å². The third kappa shape index (κ3) is 4.49. The first-order chi connectivity index (χ1) is 7.81. The molecule has 0 aromatic heterocycles. The average Bonchev–Trinajstić information content (AvgIpc) is 2.22. The fourth-order valence-corrected chi connectivity index (χ4v) is 1.92. The summed E-state index contributed by atoms with van der Waals surface area (Å²) >= 11 is 0. The van der Waals surface area contributed by atoms with Crippen LogP contribution < -0.4 is 11.1 Å². The van der Waals surface area contributed by atoms with Crippen LogP contribution in [-0.4, -0.2) is 18.6 Å². The molecule has 0 aliphatic heterocycles. The zero-order chi connectivity index (χ0) is 13.1. The summed E-state index contributed by atoms with van der Waals surface area (Å²) in [5, 5.41) is 3.41. The highest BCUT2D eigenvalue weighted by atomic mass is 14.9. The lowest BCUT2D eigenvalue weighted by Gasteiger charge is -2.19. The summed E-state index contributed by atoms with van der Waals surface area (Å²) < 4.78 is 0. The molecule has 1 rings (SSSR count). The molecule has 0 fully saturated rings. The molecule has 0 heterocycles. The lowest BCUT2D eigenvalue weighted by atomic mass is 9.97. The van der Waals surface area contributed by atoms with E-state index in [1.165, 1.54) is 22.3 Å². The molecule has 1 aromatic rings. The Kier molecular flexibility index (Phi) is 4.72. The summed E-state index contributed by atoms with van der Waals surface area (Å²) in [6.07, 6.45) is 1.07. The molecule has 17 heavy (non-hydrogen) atoms. The molecule has 0 amide bonds. The summed E-state index contributed by atoms with van der Waals surface area (Å²) in [4.78, 5) is 0. The van der Waals surface area contributed by atoms with Gasteiger partial charge in [-0.05, 0) is 69.8 Å². The third-order valence-corrected chi connectivity index (χ3v) is 3.32. The van der Waals surface area contributed by atoms with E-state index in [1.807, 2.05) is 13.8 Å². The van der Waals surface area contributed by atoms with Gasteiger partial charge in [-0.1, -0.05) is 12.1 Å². The predicted molar refractivity (Wildman–Crippen MR) is 75.5 cm³/mol. The monoisotopic (exact) mass is 234 g/mol. The first-order valence-electron chi connectivity index (χ1n) is 6.36. The van der Waals surface area contributed by atoms with Crippen molar-refractivity contribution < 1.29 is 0 Å². The molecule has 0 spiro atoms. The number of benzene rings is 1. The van der Waals surface area contributed by atoms with E-state index < -0.39 is 0 Å². The molecule has 96 valence electrons. The minimum absolute atomic E-state index is 0.127. The molecule has 0 aliphatic rings. The maximum absolute atomic E-state index is 5.93. The van der Waals surface area contributed by atoms with Gasteiger partial charge in [0, 0.05) is 12.1 Å². The van der Waals surface area contributed by atoms with Crippen LogP contribution in [-0.2, 0) is 6.42 Å². The molecule has 0 bridgehead atoms. The number of rotatable bonds is 5. The first-order valence-corrected chi connectivity index (χ1v) is 6.36. The van der Waals surface area contributed by atoms with Crippen molar-refractivity contribution in [1.82, 2.24) is 5.32 Å². The first kappa shape index (κ1) is 14.2. The molecule has 0 unspecified atom stereocenters. The summed E-state index contributed by atoms with van der Waals surface area (Å²) in [5.74, 6) is 0. The maximum Gasteiger partial charge on any atom is 0.0223 e. The Balaban J connectivity index is 2.51. The van der Waals surface area contributed by atoms with Gasteiger partial charge in [0.05, 0.1) is 0 Å². The summed E-state index contributed by atoms with van der Waals surface area (Å²) in [7, 11) is 0. The number of hydrogen-bond acceptors (Lipinski definition) is 2. The van der Waals surface area contributed by atoms with Gasteiger partial charge in [0.2, 0.25) is 0 Å². The molecular weight excluding hydrogens is 208 g/mol. The van der Waals surface area contributed by atoms with Gasteiger partial charge in [0.25, 0.3) is 0 Å². The molecule has 1 aromatic carbocycles. The number of nitrogens with two attached hydrogens (primary N) is 1. The molecule has 0 saturated heterocycles. The van der Waals surface area contributed by atoms with Crippen LogP contribution in [0, 0.1) is 20.8 Å². The number of nitrogens with one attached hydrogen (secondary N) is 1. The summed E-state index contributed by atoms with van der Waals surface area (Å²) in [5.41, 5.74) is 11.5. The lowest BCUT2D eigenvalue weighted by molar-refractivity contribution is 0.469. The van der Waals surface area contributed by atoms with Crippen molar-refractivity contribution in [2.24, 2.45) is 5.73 Å². The molecule has 0 saturated carbocycles. The van der Waals surface area contributed by atoms with Crippen LogP contribution in [0.1, 0.15) is 36.1 Å². The molecule has 0 atom stereocenters. The SMILES string of the molecule is Cc1ccc(CCNCC(C)(C)N)c(C)c1C. The van der Waals surface area contributed by atoms with Crippen molar-refractivity contribution in [2.45, 2.75) is 46.6 Å². The molecule has 2 nitrogen and oxygen atoms in total. The minimum Gasteiger partial charge on any atom is -0.324 e. The van der Waals surface area contributed by atoms with Gasteiger partial charge in [-0.3, -0.25) is 0 Å². The van der Waals surface area contributed by atoms with E-state index in [1.54, 1.807) is 0 Å². The van der Waals surface area contributed by atoms with Crippen LogP contribution in [0.15, 0.2) is 12.1 Å². The van der Waals surface area contributed by atoms with Crippen LogP contribution >= 0.6 is 0 Å². The van der Waals surface area contributed by atoms with Crippen molar-refractivity contribution in [3.63, 3.8) is 0 Å². The van der Waals surface area contributed by atoms with E-state index in [0.29, 0.717) is 0 Å². The molecule has 2 heteroatoms. The minimum atomic E-state index is -0.127. The Hall–Kier alpha value is -0.860. The van der Waals surface area contributed by atoms with E-state index >= 15 is 0 Å². The second kappa shape index (κ2) is 5.65. The Bertz CT molecular complexity index is 375. The fourth-order valence-electron chi connectivity index (χ4n) is 1.92. The Morgan fingerprint density at radius 3 is 2.35 bits per heavy atom. The Morgan fingerprint density at radius 1 is 1.12 bits per heavy atom. The highest BCUT2D eigenvalue weighted by Crippen LogP contribution is 2.17. The van der Waals surface area contributed by atoms with Crippen LogP contribution in [0.5, 0.6) is 0 Å². The van der Waals surface area contributed by atoms with E-state index in [-0.39, 0.29) is 5.54 Å². The zero-order valence-electron chi connectivity index (χ0n) is 11.9. The zero-order valence-corrected chi connectivity index (χ0v) is 11.9. The highest BCUT2D eigenvalue weighted by Gasteiger charge is 2.09. The van der Waals surface area contributed by atoms with E-state index in [2.05, 4.69) is 38.2 Å². The van der Waals surface area contributed by atoms with Gasteiger partial charge in [-0.15, -0.1) is 0 Å². The van der Waals surface area contributed by atoms with Crippen molar-refractivity contribution >= 4 is 0 Å². The summed E-state index contributed by atoms with van der Waals surface area (Å²) in [6, 6.07) is 4.46. The number of hydrogen-bond donors (Lipinski definition) is 2. The predicted octanol–water partition coefficient (Wildman–Crippen LogP) is 2.48. The normalized spacial score (nSPS) is 11.9. The van der Waals surface area contributed by atoms with Gasteiger partial charge in [0.1, 0.15) is 0 Å². The largest absolute Gasteiger partial charge is 0.324 e. The van der Waals surface area contributed by atoms with Gasteiger partial charge < -0.3 is 11.1 Å². The van der Waals surface area contributed by atoms with Crippen LogP contribution in [0.3, 0.4) is 0 Å². The van der Waals surface area contributed by atoms with Crippen LogP contribution in [0.4, 0.5) is 0 Å². The van der Waals surface area contributed by atoms with Gasteiger partial charge in [0.15, 0.2) is 0 Å². The molecule has 3 N–H and O–H groups in total.